The van der Waals surface area contributed by atoms with Gasteiger partial charge in [-0.25, -0.2) is 0 Å². The molecule has 1 aliphatic carbocycles. The molecule has 2 N–H and O–H groups in total. The van der Waals surface area contributed by atoms with Gasteiger partial charge in [-0.3, -0.25) is 9.59 Å². The maximum absolute atomic E-state index is 11.8. The number of aliphatic carboxylic acids is 1. The first-order chi connectivity index (χ1) is 7.96. The van der Waals surface area contributed by atoms with E-state index in [1.165, 1.54) is 14.0 Å². The van der Waals surface area contributed by atoms with Crippen LogP contribution in [0, 0.1) is 11.3 Å². The summed E-state index contributed by atoms with van der Waals surface area (Å²) in [5.74, 6) is -1.65. The fraction of sp³-hybridized carbons (Fsp3) is 0.833. The zero-order valence-electron chi connectivity index (χ0n) is 10.7. The summed E-state index contributed by atoms with van der Waals surface area (Å²) in [5.41, 5.74) is -1.36. The van der Waals surface area contributed by atoms with Gasteiger partial charge in [0, 0.05) is 14.2 Å². The van der Waals surface area contributed by atoms with Gasteiger partial charge in [0.1, 0.15) is 5.41 Å². The van der Waals surface area contributed by atoms with Gasteiger partial charge in [-0.2, -0.15) is 0 Å². The molecule has 0 aromatic carbocycles. The minimum Gasteiger partial charge on any atom is -0.480 e. The number of hydrogen-bond donors (Lipinski definition) is 2. The van der Waals surface area contributed by atoms with Crippen LogP contribution >= 0.6 is 0 Å². The average Bonchev–Trinajstić information content (AvgIpc) is 2.36. The minimum atomic E-state index is -1.36. The highest BCUT2D eigenvalue weighted by molar-refractivity contribution is 6.01. The molecule has 17 heavy (non-hydrogen) atoms. The Morgan fingerprint density at radius 2 is 2.06 bits per heavy atom. The van der Waals surface area contributed by atoms with Crippen LogP contribution in [0.1, 0.15) is 32.6 Å². The van der Waals surface area contributed by atoms with Crippen molar-refractivity contribution in [3.8, 4) is 0 Å². The molecule has 1 aliphatic rings. The minimum absolute atomic E-state index is 0.0667. The largest absolute Gasteiger partial charge is 0.480 e. The number of methoxy groups -OCH3 is 1. The summed E-state index contributed by atoms with van der Waals surface area (Å²) in [4.78, 5) is 23.3. The quantitative estimate of drug-likeness (QED) is 0.723. The smallest absolute Gasteiger partial charge is 0.319 e. The Balaban J connectivity index is 2.91. The van der Waals surface area contributed by atoms with E-state index >= 15 is 0 Å². The molecule has 0 aliphatic heterocycles. The molecule has 0 saturated heterocycles. The lowest BCUT2D eigenvalue weighted by Crippen LogP contribution is -2.50. The molecule has 1 rings (SSSR count). The molecule has 5 nitrogen and oxygen atoms in total. The van der Waals surface area contributed by atoms with Crippen LogP contribution in [0.4, 0.5) is 0 Å². The zero-order chi connectivity index (χ0) is 13.1. The van der Waals surface area contributed by atoms with Gasteiger partial charge in [-0.15, -0.1) is 0 Å². The molecule has 98 valence electrons. The summed E-state index contributed by atoms with van der Waals surface area (Å²) in [6.45, 7) is 1.51. The van der Waals surface area contributed by atoms with E-state index < -0.39 is 17.3 Å². The Kier molecular flexibility index (Phi) is 4.51. The molecule has 0 aromatic heterocycles. The van der Waals surface area contributed by atoms with E-state index in [1.54, 1.807) is 7.11 Å². The van der Waals surface area contributed by atoms with E-state index in [0.717, 1.165) is 19.3 Å². The van der Waals surface area contributed by atoms with Gasteiger partial charge in [0.25, 0.3) is 0 Å². The second-order valence-electron chi connectivity index (χ2n) is 4.81. The Morgan fingerprint density at radius 3 is 2.53 bits per heavy atom. The number of hydrogen-bond acceptors (Lipinski definition) is 3. The molecule has 0 aromatic rings. The van der Waals surface area contributed by atoms with Gasteiger partial charge in [-0.1, -0.05) is 6.42 Å². The van der Waals surface area contributed by atoms with Crippen molar-refractivity contribution in [3.05, 3.63) is 0 Å². The third-order valence-electron chi connectivity index (χ3n) is 3.92. The predicted octanol–water partition coefficient (Wildman–Crippen LogP) is 1.03. The maximum Gasteiger partial charge on any atom is 0.319 e. The number of carboxylic acids is 1. The first kappa shape index (κ1) is 14.0. The van der Waals surface area contributed by atoms with E-state index in [9.17, 15) is 14.7 Å². The van der Waals surface area contributed by atoms with Crippen LogP contribution in [0.5, 0.6) is 0 Å². The molecule has 1 fully saturated rings. The normalized spacial score (nSPS) is 28.2. The molecule has 0 radical (unpaired) electrons. The fourth-order valence-electron chi connectivity index (χ4n) is 2.60. The van der Waals surface area contributed by atoms with Crippen LogP contribution < -0.4 is 5.32 Å². The van der Waals surface area contributed by atoms with Crippen molar-refractivity contribution in [3.63, 3.8) is 0 Å². The number of ether oxygens (including phenoxy) is 1. The van der Waals surface area contributed by atoms with Crippen molar-refractivity contribution in [2.75, 3.05) is 14.2 Å². The summed E-state index contributed by atoms with van der Waals surface area (Å²) >= 11 is 0. The topological polar surface area (TPSA) is 75.6 Å². The summed E-state index contributed by atoms with van der Waals surface area (Å²) in [6, 6.07) is 0. The summed E-state index contributed by atoms with van der Waals surface area (Å²) in [6.07, 6.45) is 3.31. The van der Waals surface area contributed by atoms with Gasteiger partial charge >= 0.3 is 5.97 Å². The number of carboxylic acid groups (broad SMARTS) is 1. The molecular formula is C12H21NO4. The van der Waals surface area contributed by atoms with Crippen molar-refractivity contribution in [1.82, 2.24) is 5.32 Å². The lowest BCUT2D eigenvalue weighted by atomic mass is 9.68. The van der Waals surface area contributed by atoms with Crippen molar-refractivity contribution in [2.24, 2.45) is 11.3 Å². The summed E-state index contributed by atoms with van der Waals surface area (Å²) < 4.78 is 5.29. The Hall–Kier alpha value is -1.10. The van der Waals surface area contributed by atoms with Crippen molar-refractivity contribution >= 4 is 11.9 Å². The zero-order valence-corrected chi connectivity index (χ0v) is 10.7. The highest BCUT2D eigenvalue weighted by atomic mass is 16.5. The first-order valence-corrected chi connectivity index (χ1v) is 5.95. The van der Waals surface area contributed by atoms with Crippen LogP contribution in [0.3, 0.4) is 0 Å². The number of rotatable bonds is 4. The fourth-order valence-corrected chi connectivity index (χ4v) is 2.60. The summed E-state index contributed by atoms with van der Waals surface area (Å²) in [7, 11) is 3.10. The van der Waals surface area contributed by atoms with E-state index in [0.29, 0.717) is 6.42 Å². The standard InChI is InChI=1S/C12H21NO4/c1-12(11(15)16,10(14)13-2)8-5-4-6-9(7-8)17-3/h8-9H,4-7H2,1-3H3,(H,13,14)(H,15,16). The van der Waals surface area contributed by atoms with Gasteiger partial charge < -0.3 is 15.2 Å². The van der Waals surface area contributed by atoms with Gasteiger partial charge in [0.05, 0.1) is 6.10 Å². The van der Waals surface area contributed by atoms with E-state index in [2.05, 4.69) is 5.32 Å². The third kappa shape index (κ3) is 2.60. The molecule has 3 atom stereocenters. The molecule has 1 amide bonds. The van der Waals surface area contributed by atoms with Crippen LogP contribution in [0.2, 0.25) is 0 Å². The van der Waals surface area contributed by atoms with E-state index in [4.69, 9.17) is 4.74 Å². The SMILES string of the molecule is CNC(=O)C(C)(C(=O)O)C1CCCC(OC)C1. The Bertz CT molecular complexity index is 305. The van der Waals surface area contributed by atoms with Crippen molar-refractivity contribution in [1.29, 1.82) is 0 Å². The number of carbonyl (C=O) groups is 2. The van der Waals surface area contributed by atoms with Gasteiger partial charge in [0.2, 0.25) is 5.91 Å². The average molecular weight is 243 g/mol. The Morgan fingerprint density at radius 1 is 1.41 bits per heavy atom. The van der Waals surface area contributed by atoms with E-state index in [-0.39, 0.29) is 12.0 Å². The number of nitrogens with one attached hydrogen (secondary N) is 1. The highest BCUT2D eigenvalue weighted by Crippen LogP contribution is 2.39. The number of amides is 1. The maximum atomic E-state index is 11.8. The van der Waals surface area contributed by atoms with Crippen LogP contribution in [-0.4, -0.2) is 37.2 Å². The van der Waals surface area contributed by atoms with Crippen LogP contribution in [0.25, 0.3) is 0 Å². The lowest BCUT2D eigenvalue weighted by Gasteiger charge is -2.37. The molecule has 1 saturated carbocycles. The van der Waals surface area contributed by atoms with Crippen LogP contribution in [-0.2, 0) is 14.3 Å². The monoisotopic (exact) mass is 243 g/mol. The number of carbonyl (C=O) groups excluding carboxylic acids is 1. The van der Waals surface area contributed by atoms with Gasteiger partial charge in [0.15, 0.2) is 0 Å². The first-order valence-electron chi connectivity index (χ1n) is 5.95. The second-order valence-corrected chi connectivity index (χ2v) is 4.81. The van der Waals surface area contributed by atoms with Crippen molar-refractivity contribution < 1.29 is 19.4 Å². The predicted molar refractivity (Wildman–Crippen MR) is 62.6 cm³/mol. The lowest BCUT2D eigenvalue weighted by molar-refractivity contribution is -0.160. The summed E-state index contributed by atoms with van der Waals surface area (Å²) in [5, 5.41) is 11.8. The van der Waals surface area contributed by atoms with Gasteiger partial charge in [-0.05, 0) is 32.1 Å². The molecule has 5 heteroatoms. The molecule has 0 spiro atoms. The second kappa shape index (κ2) is 5.49. The van der Waals surface area contributed by atoms with Crippen molar-refractivity contribution in [2.45, 2.75) is 38.7 Å². The van der Waals surface area contributed by atoms with Crippen LogP contribution in [0.15, 0.2) is 0 Å². The molecule has 0 bridgehead atoms. The highest BCUT2D eigenvalue weighted by Gasteiger charge is 2.49. The molecule has 3 unspecified atom stereocenters. The third-order valence-corrected chi connectivity index (χ3v) is 3.92. The van der Waals surface area contributed by atoms with E-state index in [1.807, 2.05) is 0 Å². The molecular weight excluding hydrogens is 222 g/mol. The molecule has 0 heterocycles. The Labute approximate surface area is 102 Å².